The van der Waals surface area contributed by atoms with Crippen molar-refractivity contribution in [3.8, 4) is 0 Å². The Labute approximate surface area is 216 Å². The van der Waals surface area contributed by atoms with Gasteiger partial charge in [0.15, 0.2) is 5.78 Å². The van der Waals surface area contributed by atoms with Crippen molar-refractivity contribution in [1.82, 2.24) is 0 Å². The van der Waals surface area contributed by atoms with Crippen LogP contribution in [0.25, 0.3) is 0 Å². The van der Waals surface area contributed by atoms with Crippen LogP contribution in [0.2, 0.25) is 0 Å². The van der Waals surface area contributed by atoms with Crippen molar-refractivity contribution in [2.24, 2.45) is 11.8 Å². The molecule has 5 heteroatoms. The van der Waals surface area contributed by atoms with E-state index in [-0.39, 0.29) is 17.7 Å². The van der Waals surface area contributed by atoms with Crippen molar-refractivity contribution in [1.29, 1.82) is 0 Å². The standard InChI is InChI=1S/C30H48O3.H2OP/c1-5-6-7-8-9-10-11-12-13-17-20-33-30(32)28(26-18-15-14-16-19-26)29(31)27-24(3)21-23(2)22-25(27)4;1-2/h21-22,26,28H,5-20H2,1-4H3;2H2/q;+1. The highest BCUT2D eigenvalue weighted by atomic mass is 31.0. The van der Waals surface area contributed by atoms with E-state index in [0.29, 0.717) is 6.61 Å². The van der Waals surface area contributed by atoms with Gasteiger partial charge in [-0.3, -0.25) is 9.59 Å². The molecule has 0 amide bonds. The molecule has 1 aromatic rings. The van der Waals surface area contributed by atoms with Gasteiger partial charge < -0.3 is 4.74 Å². The third-order valence-electron chi connectivity index (χ3n) is 7.32. The lowest BCUT2D eigenvalue weighted by Crippen LogP contribution is -2.35. The molecular weight excluding hydrogens is 455 g/mol. The third-order valence-corrected chi connectivity index (χ3v) is 7.32. The van der Waals surface area contributed by atoms with Crippen LogP contribution in [-0.2, 0) is 14.1 Å². The highest BCUT2D eigenvalue weighted by Gasteiger charge is 2.38. The van der Waals surface area contributed by atoms with Gasteiger partial charge in [0.2, 0.25) is 0 Å². The van der Waals surface area contributed by atoms with Crippen molar-refractivity contribution in [3.63, 3.8) is 0 Å². The Morgan fingerprint density at radius 2 is 1.31 bits per heavy atom. The average Bonchev–Trinajstić information content (AvgIpc) is 2.84. The second kappa shape index (κ2) is 18.7. The number of Topliss-reactive ketones (excluding diaryl/α,β-unsaturated/α-hetero) is 1. The monoisotopic (exact) mass is 505 g/mol. The van der Waals surface area contributed by atoms with E-state index >= 15 is 0 Å². The van der Waals surface area contributed by atoms with Crippen molar-refractivity contribution < 1.29 is 18.9 Å². The fraction of sp³-hybridized carbons (Fsp3) is 0.733. The number of rotatable bonds is 15. The van der Waals surface area contributed by atoms with Gasteiger partial charge in [0.05, 0.1) is 6.61 Å². The molecule has 198 valence electrons. The van der Waals surface area contributed by atoms with E-state index in [1.807, 2.05) is 32.9 Å². The first-order chi connectivity index (χ1) is 17.0. The number of ketones is 1. The molecule has 1 fully saturated rings. The van der Waals surface area contributed by atoms with Gasteiger partial charge in [-0.25, -0.2) is 0 Å². The minimum atomic E-state index is -0.645. The number of ether oxygens (including phenoxy) is 1. The van der Waals surface area contributed by atoms with E-state index in [1.165, 1.54) is 66.9 Å². The Morgan fingerprint density at radius 3 is 1.83 bits per heavy atom. The summed E-state index contributed by atoms with van der Waals surface area (Å²) in [4.78, 5) is 26.8. The summed E-state index contributed by atoms with van der Waals surface area (Å²) in [5.41, 5.74) is 3.83. The Balaban J connectivity index is 0.00000298. The van der Waals surface area contributed by atoms with E-state index in [1.54, 1.807) is 0 Å². The first-order valence-electron chi connectivity index (χ1n) is 14.0. The van der Waals surface area contributed by atoms with Crippen LogP contribution in [0.1, 0.15) is 130 Å². The Bertz CT molecular complexity index is 732. The summed E-state index contributed by atoms with van der Waals surface area (Å²) >= 11 is 0. The third kappa shape index (κ3) is 11.4. The normalized spacial score (nSPS) is 14.6. The zero-order chi connectivity index (χ0) is 26.1. The summed E-state index contributed by atoms with van der Waals surface area (Å²) < 4.78 is 13.9. The molecule has 0 N–H and O–H groups in total. The van der Waals surface area contributed by atoms with E-state index in [0.717, 1.165) is 60.8 Å². The van der Waals surface area contributed by atoms with E-state index < -0.39 is 5.92 Å². The average molecular weight is 506 g/mol. The van der Waals surface area contributed by atoms with Crippen molar-refractivity contribution in [3.05, 3.63) is 34.4 Å². The highest BCUT2D eigenvalue weighted by molar-refractivity contribution is 7.00. The minimum Gasteiger partial charge on any atom is -0.465 e. The lowest BCUT2D eigenvalue weighted by Gasteiger charge is -2.28. The number of hydrogen-bond acceptors (Lipinski definition) is 4. The number of carbonyl (C=O) groups excluding carboxylic acids is 2. The fourth-order valence-electron chi connectivity index (χ4n) is 5.56. The van der Waals surface area contributed by atoms with Crippen molar-refractivity contribution in [2.75, 3.05) is 6.61 Å². The molecular formula is C30H50O4P+. The van der Waals surface area contributed by atoms with Gasteiger partial charge in [-0.05, 0) is 57.1 Å². The quantitative estimate of drug-likeness (QED) is 0.0786. The molecule has 0 spiro atoms. The SMILES string of the molecule is CCCCCCCCCCCCOC(=O)C(C(=O)c1c(C)cc(C)cc1C)C1CCCCC1.O=[PH2+]. The molecule has 0 heterocycles. The maximum absolute atomic E-state index is 13.6. The van der Waals surface area contributed by atoms with Gasteiger partial charge in [0, 0.05) is 5.56 Å². The second-order valence-electron chi connectivity index (χ2n) is 10.4. The van der Waals surface area contributed by atoms with Crippen LogP contribution in [0.5, 0.6) is 0 Å². The number of unbranched alkanes of at least 4 members (excludes halogenated alkanes) is 9. The number of carbonyl (C=O) groups is 2. The van der Waals surface area contributed by atoms with Gasteiger partial charge in [-0.1, -0.05) is 106 Å². The summed E-state index contributed by atoms with van der Waals surface area (Å²) in [6, 6.07) is 4.10. The summed E-state index contributed by atoms with van der Waals surface area (Å²) in [7, 11) is 1.17. The van der Waals surface area contributed by atoms with Crippen LogP contribution >= 0.6 is 9.12 Å². The first kappa shape index (κ1) is 31.5. The summed E-state index contributed by atoms with van der Waals surface area (Å²) in [6.07, 6.45) is 17.8. The minimum absolute atomic E-state index is 0.0232. The second-order valence-corrected chi connectivity index (χ2v) is 10.4. The lowest BCUT2D eigenvalue weighted by atomic mass is 9.75. The molecule has 2 atom stereocenters. The maximum Gasteiger partial charge on any atom is 0.317 e. The molecule has 0 bridgehead atoms. The molecule has 0 aromatic heterocycles. The fourth-order valence-corrected chi connectivity index (χ4v) is 5.56. The Morgan fingerprint density at radius 1 is 0.829 bits per heavy atom. The molecule has 2 unspecified atom stereocenters. The molecule has 1 aliphatic carbocycles. The Hall–Kier alpha value is -1.54. The van der Waals surface area contributed by atoms with Crippen molar-refractivity contribution >= 4 is 20.9 Å². The smallest absolute Gasteiger partial charge is 0.317 e. The number of esters is 1. The van der Waals surface area contributed by atoms with Crippen LogP contribution in [0.4, 0.5) is 0 Å². The predicted octanol–water partition coefficient (Wildman–Crippen LogP) is 8.66. The zero-order valence-electron chi connectivity index (χ0n) is 22.8. The molecule has 0 radical (unpaired) electrons. The van der Waals surface area contributed by atoms with Crippen LogP contribution < -0.4 is 0 Å². The van der Waals surface area contributed by atoms with Gasteiger partial charge in [-0.15, -0.1) is 0 Å². The molecule has 0 saturated heterocycles. The molecule has 35 heavy (non-hydrogen) atoms. The molecule has 1 saturated carbocycles. The zero-order valence-corrected chi connectivity index (χ0v) is 24.0. The van der Waals surface area contributed by atoms with Crippen LogP contribution in [0.3, 0.4) is 0 Å². The summed E-state index contributed by atoms with van der Waals surface area (Å²) in [5, 5.41) is 0. The van der Waals surface area contributed by atoms with E-state index in [9.17, 15) is 9.59 Å². The van der Waals surface area contributed by atoms with Gasteiger partial charge in [-0.2, -0.15) is 0 Å². The topological polar surface area (TPSA) is 60.4 Å². The predicted molar refractivity (Wildman–Crippen MR) is 148 cm³/mol. The number of aryl methyl sites for hydroxylation is 3. The lowest BCUT2D eigenvalue weighted by molar-refractivity contribution is -0.149. The highest BCUT2D eigenvalue weighted by Crippen LogP contribution is 2.34. The number of hydrogen-bond donors (Lipinski definition) is 0. The van der Waals surface area contributed by atoms with Crippen LogP contribution in [-0.4, -0.2) is 18.4 Å². The van der Waals surface area contributed by atoms with Crippen LogP contribution in [0, 0.1) is 32.6 Å². The largest absolute Gasteiger partial charge is 0.465 e. The Kier molecular flexibility index (Phi) is 16.8. The van der Waals surface area contributed by atoms with E-state index in [4.69, 9.17) is 9.30 Å². The molecule has 4 nitrogen and oxygen atoms in total. The first-order valence-corrected chi connectivity index (χ1v) is 14.4. The molecule has 2 rings (SSSR count). The molecule has 1 aliphatic rings. The molecule has 0 aliphatic heterocycles. The van der Waals surface area contributed by atoms with Crippen LogP contribution in [0.15, 0.2) is 12.1 Å². The van der Waals surface area contributed by atoms with Gasteiger partial charge in [0.25, 0.3) is 0 Å². The summed E-state index contributed by atoms with van der Waals surface area (Å²) in [5.74, 6) is -0.840. The molecule has 1 aromatic carbocycles. The van der Waals surface area contributed by atoms with Crippen molar-refractivity contribution in [2.45, 2.75) is 124 Å². The number of benzene rings is 1. The van der Waals surface area contributed by atoms with Gasteiger partial charge in [0.1, 0.15) is 5.92 Å². The summed E-state index contributed by atoms with van der Waals surface area (Å²) in [6.45, 7) is 8.72. The van der Waals surface area contributed by atoms with E-state index in [2.05, 4.69) is 6.92 Å². The van der Waals surface area contributed by atoms with Gasteiger partial charge >= 0.3 is 15.1 Å². The maximum atomic E-state index is 13.6.